The van der Waals surface area contributed by atoms with E-state index in [1.807, 2.05) is 13.8 Å². The van der Waals surface area contributed by atoms with E-state index < -0.39 is 11.7 Å². The number of para-hydroxylation sites is 1. The summed E-state index contributed by atoms with van der Waals surface area (Å²) >= 11 is 0. The molecule has 7 heteroatoms. The van der Waals surface area contributed by atoms with Crippen LogP contribution < -0.4 is 5.32 Å². The molecule has 1 aromatic heterocycles. The fourth-order valence-corrected chi connectivity index (χ4v) is 1.72. The van der Waals surface area contributed by atoms with Crippen molar-refractivity contribution in [3.63, 3.8) is 0 Å². The third-order valence-corrected chi connectivity index (χ3v) is 2.69. The van der Waals surface area contributed by atoms with E-state index in [1.165, 1.54) is 24.4 Å². The molecule has 0 saturated heterocycles. The molecule has 0 spiro atoms. The standard InChI is InChI=1S/C13H15F3N4/c1-9(2)17-7-10-8-20(19-18-10)12-6-4-3-5-11(12)13(14,15)16/h3-6,8-9,17H,7H2,1-2H3. The number of rotatable bonds is 4. The van der Waals surface area contributed by atoms with Crippen LogP contribution >= 0.6 is 0 Å². The maximum absolute atomic E-state index is 12.9. The highest BCUT2D eigenvalue weighted by Crippen LogP contribution is 2.33. The quantitative estimate of drug-likeness (QED) is 0.938. The van der Waals surface area contributed by atoms with Gasteiger partial charge in [0.15, 0.2) is 0 Å². The molecule has 108 valence electrons. The Balaban J connectivity index is 2.29. The molecular weight excluding hydrogens is 269 g/mol. The molecule has 0 unspecified atom stereocenters. The first-order valence-corrected chi connectivity index (χ1v) is 6.19. The van der Waals surface area contributed by atoms with Crippen molar-refractivity contribution in [2.75, 3.05) is 0 Å². The Hall–Kier alpha value is -1.89. The zero-order valence-electron chi connectivity index (χ0n) is 11.1. The zero-order chi connectivity index (χ0) is 14.8. The first kappa shape index (κ1) is 14.5. The maximum atomic E-state index is 12.9. The fraction of sp³-hybridized carbons (Fsp3) is 0.385. The van der Waals surface area contributed by atoms with Gasteiger partial charge in [0.05, 0.1) is 23.1 Å². The van der Waals surface area contributed by atoms with E-state index in [1.54, 1.807) is 0 Å². The Labute approximate surface area is 114 Å². The van der Waals surface area contributed by atoms with Gasteiger partial charge in [0.2, 0.25) is 0 Å². The van der Waals surface area contributed by atoms with Crippen LogP contribution in [0, 0.1) is 0 Å². The van der Waals surface area contributed by atoms with Gasteiger partial charge in [-0.1, -0.05) is 31.2 Å². The first-order valence-electron chi connectivity index (χ1n) is 6.19. The summed E-state index contributed by atoms with van der Waals surface area (Å²) < 4.78 is 39.9. The number of aromatic nitrogens is 3. The molecule has 0 atom stereocenters. The summed E-state index contributed by atoms with van der Waals surface area (Å²) in [6.07, 6.45) is -2.92. The summed E-state index contributed by atoms with van der Waals surface area (Å²) in [4.78, 5) is 0. The van der Waals surface area contributed by atoms with Gasteiger partial charge in [0.25, 0.3) is 0 Å². The van der Waals surface area contributed by atoms with Crippen LogP contribution in [-0.4, -0.2) is 21.0 Å². The molecule has 0 radical (unpaired) electrons. The minimum Gasteiger partial charge on any atom is -0.309 e. The first-order chi connectivity index (χ1) is 9.38. The van der Waals surface area contributed by atoms with Crippen LogP contribution in [0.15, 0.2) is 30.5 Å². The van der Waals surface area contributed by atoms with Crippen LogP contribution in [0.25, 0.3) is 5.69 Å². The summed E-state index contributed by atoms with van der Waals surface area (Å²) in [5, 5.41) is 10.8. The highest BCUT2D eigenvalue weighted by molar-refractivity contribution is 5.42. The molecule has 1 N–H and O–H groups in total. The van der Waals surface area contributed by atoms with Crippen molar-refractivity contribution >= 4 is 0 Å². The Morgan fingerprint density at radius 2 is 1.95 bits per heavy atom. The Morgan fingerprint density at radius 3 is 2.60 bits per heavy atom. The van der Waals surface area contributed by atoms with E-state index in [4.69, 9.17) is 0 Å². The summed E-state index contributed by atoms with van der Waals surface area (Å²) in [5.41, 5.74) is -0.160. The highest BCUT2D eigenvalue weighted by Gasteiger charge is 2.33. The second-order valence-electron chi connectivity index (χ2n) is 4.70. The molecule has 20 heavy (non-hydrogen) atoms. The molecular formula is C13H15F3N4. The molecule has 0 fully saturated rings. The summed E-state index contributed by atoms with van der Waals surface area (Å²) in [6, 6.07) is 5.56. The second kappa shape index (κ2) is 5.62. The highest BCUT2D eigenvalue weighted by atomic mass is 19.4. The van der Waals surface area contributed by atoms with E-state index in [0.29, 0.717) is 12.2 Å². The van der Waals surface area contributed by atoms with Crippen molar-refractivity contribution < 1.29 is 13.2 Å². The molecule has 0 aliphatic heterocycles. The predicted octanol–water partition coefficient (Wildman–Crippen LogP) is 2.78. The Bertz CT molecular complexity index is 575. The third kappa shape index (κ3) is 3.36. The van der Waals surface area contributed by atoms with Crippen molar-refractivity contribution in [2.45, 2.75) is 32.6 Å². The summed E-state index contributed by atoms with van der Waals surface area (Å²) in [5.74, 6) is 0. The van der Waals surface area contributed by atoms with Gasteiger partial charge < -0.3 is 5.32 Å². The molecule has 0 aliphatic rings. The molecule has 0 bridgehead atoms. The molecule has 1 aromatic carbocycles. The number of alkyl halides is 3. The zero-order valence-corrected chi connectivity index (χ0v) is 11.1. The van der Waals surface area contributed by atoms with Crippen LogP contribution in [0.2, 0.25) is 0 Å². The summed E-state index contributed by atoms with van der Waals surface area (Å²) in [7, 11) is 0. The topological polar surface area (TPSA) is 42.7 Å². The van der Waals surface area contributed by atoms with E-state index in [-0.39, 0.29) is 11.7 Å². The lowest BCUT2D eigenvalue weighted by Gasteiger charge is -2.11. The number of nitrogens with one attached hydrogen (secondary N) is 1. The van der Waals surface area contributed by atoms with Crippen molar-refractivity contribution in [1.29, 1.82) is 0 Å². The lowest BCUT2D eigenvalue weighted by atomic mass is 10.1. The average molecular weight is 284 g/mol. The number of hydrogen-bond donors (Lipinski definition) is 1. The van der Waals surface area contributed by atoms with Crippen LogP contribution in [-0.2, 0) is 12.7 Å². The fourth-order valence-electron chi connectivity index (χ4n) is 1.72. The number of halogens is 3. The van der Waals surface area contributed by atoms with Crippen molar-refractivity contribution in [3.8, 4) is 5.69 Å². The van der Waals surface area contributed by atoms with Crippen molar-refractivity contribution in [2.24, 2.45) is 0 Å². The predicted molar refractivity (Wildman–Crippen MR) is 68.3 cm³/mol. The lowest BCUT2D eigenvalue weighted by Crippen LogP contribution is -2.21. The maximum Gasteiger partial charge on any atom is 0.418 e. The van der Waals surface area contributed by atoms with Crippen molar-refractivity contribution in [3.05, 3.63) is 41.7 Å². The smallest absolute Gasteiger partial charge is 0.309 e. The molecule has 2 aromatic rings. The van der Waals surface area contributed by atoms with E-state index >= 15 is 0 Å². The molecule has 4 nitrogen and oxygen atoms in total. The monoisotopic (exact) mass is 284 g/mol. The lowest BCUT2D eigenvalue weighted by molar-refractivity contribution is -0.137. The normalized spacial score (nSPS) is 12.1. The van der Waals surface area contributed by atoms with Crippen LogP contribution in [0.3, 0.4) is 0 Å². The minimum absolute atomic E-state index is 0.0247. The van der Waals surface area contributed by atoms with Gasteiger partial charge in [0, 0.05) is 12.6 Å². The van der Waals surface area contributed by atoms with Gasteiger partial charge in [-0.3, -0.25) is 0 Å². The molecule has 1 heterocycles. The number of benzene rings is 1. The minimum atomic E-state index is -4.42. The summed E-state index contributed by atoms with van der Waals surface area (Å²) in [6.45, 7) is 4.42. The Morgan fingerprint density at radius 1 is 1.25 bits per heavy atom. The number of hydrogen-bond acceptors (Lipinski definition) is 3. The SMILES string of the molecule is CC(C)NCc1cn(-c2ccccc2C(F)(F)F)nn1. The molecule has 0 saturated carbocycles. The third-order valence-electron chi connectivity index (χ3n) is 2.69. The van der Waals surface area contributed by atoms with Crippen LogP contribution in [0.5, 0.6) is 0 Å². The van der Waals surface area contributed by atoms with E-state index in [2.05, 4.69) is 15.6 Å². The largest absolute Gasteiger partial charge is 0.418 e. The van der Waals surface area contributed by atoms with Gasteiger partial charge in [-0.2, -0.15) is 13.2 Å². The molecule has 2 rings (SSSR count). The van der Waals surface area contributed by atoms with E-state index in [0.717, 1.165) is 10.7 Å². The van der Waals surface area contributed by atoms with Gasteiger partial charge >= 0.3 is 6.18 Å². The van der Waals surface area contributed by atoms with E-state index in [9.17, 15) is 13.2 Å². The number of nitrogens with zero attached hydrogens (tertiary/aromatic N) is 3. The van der Waals surface area contributed by atoms with Crippen molar-refractivity contribution in [1.82, 2.24) is 20.3 Å². The molecule has 0 amide bonds. The van der Waals surface area contributed by atoms with Crippen LogP contribution in [0.1, 0.15) is 25.1 Å². The average Bonchev–Trinajstić information content (AvgIpc) is 2.84. The van der Waals surface area contributed by atoms with Crippen LogP contribution in [0.4, 0.5) is 13.2 Å². The van der Waals surface area contributed by atoms with Gasteiger partial charge in [-0.05, 0) is 12.1 Å². The Kier molecular flexibility index (Phi) is 4.08. The van der Waals surface area contributed by atoms with Gasteiger partial charge in [0.1, 0.15) is 0 Å². The van der Waals surface area contributed by atoms with Gasteiger partial charge in [-0.25, -0.2) is 4.68 Å². The second-order valence-corrected chi connectivity index (χ2v) is 4.70. The van der Waals surface area contributed by atoms with Gasteiger partial charge in [-0.15, -0.1) is 5.10 Å². The molecule has 0 aliphatic carbocycles.